The van der Waals surface area contributed by atoms with E-state index in [9.17, 15) is 4.79 Å². The monoisotopic (exact) mass is 258 g/mol. The van der Waals surface area contributed by atoms with Gasteiger partial charge in [0.15, 0.2) is 0 Å². The van der Waals surface area contributed by atoms with E-state index in [1.165, 1.54) is 0 Å². The quantitative estimate of drug-likeness (QED) is 0.837. The van der Waals surface area contributed by atoms with Crippen LogP contribution in [0.15, 0.2) is 48.7 Å². The first-order valence-electron chi connectivity index (χ1n) is 6.28. The SMILES string of the molecule is CN(CC(CC(=O)O)c1ccc[nH]1)c1ccccc1. The lowest BCUT2D eigenvalue weighted by Gasteiger charge is -2.24. The van der Waals surface area contributed by atoms with Crippen molar-refractivity contribution in [2.24, 2.45) is 0 Å². The number of hydrogen-bond acceptors (Lipinski definition) is 2. The number of para-hydroxylation sites is 1. The van der Waals surface area contributed by atoms with E-state index in [0.29, 0.717) is 6.54 Å². The molecule has 0 aliphatic rings. The Morgan fingerprint density at radius 2 is 2.00 bits per heavy atom. The maximum atomic E-state index is 11.0. The fraction of sp³-hybridized carbons (Fsp3) is 0.267. The van der Waals surface area contributed by atoms with Crippen LogP contribution < -0.4 is 4.90 Å². The van der Waals surface area contributed by atoms with E-state index in [1.54, 1.807) is 0 Å². The molecule has 1 unspecified atom stereocenters. The van der Waals surface area contributed by atoms with E-state index >= 15 is 0 Å². The first kappa shape index (κ1) is 13.2. The number of nitrogens with zero attached hydrogens (tertiary/aromatic N) is 1. The predicted molar refractivity (Wildman–Crippen MR) is 75.5 cm³/mol. The predicted octanol–water partition coefficient (Wildman–Crippen LogP) is 2.71. The molecular formula is C15H18N2O2. The van der Waals surface area contributed by atoms with E-state index in [1.807, 2.05) is 55.7 Å². The number of benzene rings is 1. The molecule has 19 heavy (non-hydrogen) atoms. The lowest BCUT2D eigenvalue weighted by atomic mass is 10.0. The van der Waals surface area contributed by atoms with Crippen molar-refractivity contribution in [3.05, 3.63) is 54.4 Å². The average Bonchev–Trinajstić information content (AvgIpc) is 2.92. The number of likely N-dealkylation sites (N-methyl/N-ethyl adjacent to an activating group) is 1. The Labute approximate surface area is 112 Å². The number of nitrogens with one attached hydrogen (secondary N) is 1. The topological polar surface area (TPSA) is 56.3 Å². The van der Waals surface area contributed by atoms with Crippen LogP contribution in [0, 0.1) is 0 Å². The van der Waals surface area contributed by atoms with Gasteiger partial charge in [-0.15, -0.1) is 0 Å². The van der Waals surface area contributed by atoms with E-state index in [2.05, 4.69) is 9.88 Å². The molecule has 0 aliphatic carbocycles. The van der Waals surface area contributed by atoms with Gasteiger partial charge in [-0.2, -0.15) is 0 Å². The van der Waals surface area contributed by atoms with Crippen LogP contribution in [0.4, 0.5) is 5.69 Å². The van der Waals surface area contributed by atoms with Gasteiger partial charge in [0, 0.05) is 37.1 Å². The maximum absolute atomic E-state index is 11.0. The molecule has 2 rings (SSSR count). The van der Waals surface area contributed by atoms with Gasteiger partial charge in [-0.25, -0.2) is 0 Å². The van der Waals surface area contributed by atoms with Crippen molar-refractivity contribution in [2.45, 2.75) is 12.3 Å². The zero-order chi connectivity index (χ0) is 13.7. The van der Waals surface area contributed by atoms with Gasteiger partial charge < -0.3 is 15.0 Å². The highest BCUT2D eigenvalue weighted by molar-refractivity contribution is 5.68. The van der Waals surface area contributed by atoms with Gasteiger partial charge in [0.1, 0.15) is 0 Å². The highest BCUT2D eigenvalue weighted by atomic mass is 16.4. The van der Waals surface area contributed by atoms with Crippen molar-refractivity contribution in [3.63, 3.8) is 0 Å². The Morgan fingerprint density at radius 3 is 2.58 bits per heavy atom. The molecule has 1 aromatic heterocycles. The summed E-state index contributed by atoms with van der Waals surface area (Å²) >= 11 is 0. The number of carboxylic acid groups (broad SMARTS) is 1. The number of carboxylic acids is 1. The zero-order valence-electron chi connectivity index (χ0n) is 10.9. The van der Waals surface area contributed by atoms with Crippen LogP contribution in [0.1, 0.15) is 18.0 Å². The molecule has 0 fully saturated rings. The van der Waals surface area contributed by atoms with E-state index in [4.69, 9.17) is 5.11 Å². The molecule has 0 saturated carbocycles. The number of aromatic nitrogens is 1. The molecule has 1 aromatic carbocycles. The second-order valence-corrected chi connectivity index (χ2v) is 4.64. The van der Waals surface area contributed by atoms with Crippen LogP contribution in [-0.2, 0) is 4.79 Å². The summed E-state index contributed by atoms with van der Waals surface area (Å²) in [7, 11) is 1.98. The molecule has 4 nitrogen and oxygen atoms in total. The third-order valence-electron chi connectivity index (χ3n) is 3.17. The molecule has 0 spiro atoms. The summed E-state index contributed by atoms with van der Waals surface area (Å²) in [4.78, 5) is 16.2. The van der Waals surface area contributed by atoms with Crippen molar-refractivity contribution in [1.29, 1.82) is 0 Å². The van der Waals surface area contributed by atoms with Crippen LogP contribution >= 0.6 is 0 Å². The molecule has 0 radical (unpaired) electrons. The average molecular weight is 258 g/mol. The molecular weight excluding hydrogens is 240 g/mol. The minimum atomic E-state index is -0.777. The standard InChI is InChI=1S/C15H18N2O2/c1-17(13-6-3-2-4-7-13)11-12(10-15(18)19)14-8-5-9-16-14/h2-9,12,16H,10-11H2,1H3,(H,18,19). The summed E-state index contributed by atoms with van der Waals surface area (Å²) in [5.41, 5.74) is 2.05. The summed E-state index contributed by atoms with van der Waals surface area (Å²) < 4.78 is 0. The molecule has 2 aromatic rings. The fourth-order valence-corrected chi connectivity index (χ4v) is 2.20. The van der Waals surface area contributed by atoms with Gasteiger partial charge >= 0.3 is 5.97 Å². The Kier molecular flexibility index (Phi) is 4.23. The third-order valence-corrected chi connectivity index (χ3v) is 3.17. The number of rotatable bonds is 6. The Hall–Kier alpha value is -2.23. The maximum Gasteiger partial charge on any atom is 0.304 e. The van der Waals surface area contributed by atoms with Crippen molar-refractivity contribution in [2.75, 3.05) is 18.5 Å². The largest absolute Gasteiger partial charge is 0.481 e. The Bertz CT molecular complexity index is 508. The minimum absolute atomic E-state index is 0.0438. The van der Waals surface area contributed by atoms with E-state index < -0.39 is 5.97 Å². The summed E-state index contributed by atoms with van der Waals surface area (Å²) in [5.74, 6) is -0.821. The lowest BCUT2D eigenvalue weighted by Crippen LogP contribution is -2.26. The van der Waals surface area contributed by atoms with Crippen LogP contribution in [-0.4, -0.2) is 29.7 Å². The summed E-state index contributed by atoms with van der Waals surface area (Å²) in [6, 6.07) is 13.8. The molecule has 100 valence electrons. The summed E-state index contributed by atoms with van der Waals surface area (Å²) in [6.45, 7) is 0.664. The van der Waals surface area contributed by atoms with Gasteiger partial charge in [-0.1, -0.05) is 18.2 Å². The number of carbonyl (C=O) groups is 1. The van der Waals surface area contributed by atoms with Gasteiger partial charge in [-0.05, 0) is 24.3 Å². The van der Waals surface area contributed by atoms with Crippen LogP contribution in [0.25, 0.3) is 0 Å². The van der Waals surface area contributed by atoms with Crippen molar-refractivity contribution >= 4 is 11.7 Å². The molecule has 0 amide bonds. The Balaban J connectivity index is 2.10. The van der Waals surface area contributed by atoms with Gasteiger partial charge in [0.2, 0.25) is 0 Å². The molecule has 2 N–H and O–H groups in total. The number of aliphatic carboxylic acids is 1. The summed E-state index contributed by atoms with van der Waals surface area (Å²) in [5, 5.41) is 9.03. The molecule has 1 heterocycles. The highest BCUT2D eigenvalue weighted by Gasteiger charge is 2.18. The van der Waals surface area contributed by atoms with Crippen molar-refractivity contribution in [1.82, 2.24) is 4.98 Å². The lowest BCUT2D eigenvalue weighted by molar-refractivity contribution is -0.137. The number of aromatic amines is 1. The van der Waals surface area contributed by atoms with E-state index in [-0.39, 0.29) is 12.3 Å². The molecule has 4 heteroatoms. The normalized spacial score (nSPS) is 12.1. The minimum Gasteiger partial charge on any atom is -0.481 e. The second kappa shape index (κ2) is 6.09. The molecule has 0 saturated heterocycles. The molecule has 1 atom stereocenters. The van der Waals surface area contributed by atoms with Gasteiger partial charge in [0.25, 0.3) is 0 Å². The molecule has 0 bridgehead atoms. The zero-order valence-corrected chi connectivity index (χ0v) is 10.9. The molecule has 0 aliphatic heterocycles. The number of anilines is 1. The van der Waals surface area contributed by atoms with Crippen molar-refractivity contribution < 1.29 is 9.90 Å². The van der Waals surface area contributed by atoms with Crippen LogP contribution in [0.2, 0.25) is 0 Å². The number of hydrogen-bond donors (Lipinski definition) is 2. The van der Waals surface area contributed by atoms with E-state index in [0.717, 1.165) is 11.4 Å². The Morgan fingerprint density at radius 1 is 1.26 bits per heavy atom. The van der Waals surface area contributed by atoms with Gasteiger partial charge in [-0.3, -0.25) is 4.79 Å². The van der Waals surface area contributed by atoms with Crippen LogP contribution in [0.3, 0.4) is 0 Å². The number of H-pyrrole nitrogens is 1. The second-order valence-electron chi connectivity index (χ2n) is 4.64. The first-order valence-corrected chi connectivity index (χ1v) is 6.28. The van der Waals surface area contributed by atoms with Gasteiger partial charge in [0.05, 0.1) is 6.42 Å². The fourth-order valence-electron chi connectivity index (χ4n) is 2.20. The summed E-state index contributed by atoms with van der Waals surface area (Å²) in [6.07, 6.45) is 1.95. The third kappa shape index (κ3) is 3.61. The van der Waals surface area contributed by atoms with Crippen molar-refractivity contribution in [3.8, 4) is 0 Å². The highest BCUT2D eigenvalue weighted by Crippen LogP contribution is 2.22. The van der Waals surface area contributed by atoms with Crippen LogP contribution in [0.5, 0.6) is 0 Å². The smallest absolute Gasteiger partial charge is 0.304 e. The first-order chi connectivity index (χ1) is 9.16.